The third-order valence-corrected chi connectivity index (χ3v) is 6.15. The smallest absolute Gasteiger partial charge is 0.336 e. The number of fused-ring (bicyclic) bond motifs is 3. The molecule has 12 nitrogen and oxygen atoms in total. The minimum atomic E-state index is -0.958. The highest BCUT2D eigenvalue weighted by Gasteiger charge is 2.11. The molecule has 0 unspecified atom stereocenters. The highest BCUT2D eigenvalue weighted by atomic mass is 127. The predicted octanol–water partition coefficient (Wildman–Crippen LogP) is 3.08. The van der Waals surface area contributed by atoms with E-state index >= 15 is 0 Å². The van der Waals surface area contributed by atoms with Crippen molar-refractivity contribution in [1.82, 2.24) is 44.3 Å². The van der Waals surface area contributed by atoms with Gasteiger partial charge in [-0.1, -0.05) is 0 Å². The zero-order valence-corrected chi connectivity index (χ0v) is 21.6. The molecule has 180 valence electrons. The number of carboxylic acid groups (broad SMARTS) is 1. The Balaban J connectivity index is 0.000000127. The van der Waals surface area contributed by atoms with Crippen molar-refractivity contribution < 1.29 is 9.90 Å². The molecule has 0 fully saturated rings. The summed E-state index contributed by atoms with van der Waals surface area (Å²) in [5.41, 5.74) is 3.12. The fourth-order valence-corrected chi connectivity index (χ4v) is 3.93. The van der Waals surface area contributed by atoms with Crippen LogP contribution in [0.4, 0.5) is 0 Å². The molecule has 0 atom stereocenters. The van der Waals surface area contributed by atoms with Gasteiger partial charge in [-0.2, -0.15) is 20.6 Å². The topological polar surface area (TPSA) is 153 Å². The Bertz CT molecular complexity index is 1740. The lowest BCUT2D eigenvalue weighted by atomic mass is 10.2. The van der Waals surface area contributed by atoms with E-state index in [9.17, 15) is 4.79 Å². The molecule has 6 aromatic rings. The minimum Gasteiger partial charge on any atom is -0.478 e. The van der Waals surface area contributed by atoms with Gasteiger partial charge < -0.3 is 5.11 Å². The van der Waals surface area contributed by atoms with Crippen LogP contribution in [0.2, 0.25) is 0 Å². The molecule has 0 aromatic carbocycles. The molecule has 36 heavy (non-hydrogen) atoms. The van der Waals surface area contributed by atoms with Gasteiger partial charge in [0.2, 0.25) is 0 Å². The van der Waals surface area contributed by atoms with Crippen LogP contribution < -0.4 is 0 Å². The summed E-state index contributed by atoms with van der Waals surface area (Å²) in [6, 6.07) is 7.22. The number of rotatable bonds is 1. The molecule has 6 aromatic heterocycles. The van der Waals surface area contributed by atoms with Crippen molar-refractivity contribution in [2.24, 2.45) is 21.1 Å². The van der Waals surface area contributed by atoms with Gasteiger partial charge in [-0.15, -0.1) is 0 Å². The van der Waals surface area contributed by atoms with Gasteiger partial charge in [0, 0.05) is 43.3 Å². The van der Waals surface area contributed by atoms with Crippen molar-refractivity contribution in [3.63, 3.8) is 0 Å². The number of aryl methyl sites for hydroxylation is 3. The fourth-order valence-electron chi connectivity index (χ4n) is 3.39. The first kappa shape index (κ1) is 24.7. The summed E-state index contributed by atoms with van der Waals surface area (Å²) in [5.74, 6) is -0.958. The third-order valence-electron chi connectivity index (χ3n) is 5.20. The van der Waals surface area contributed by atoms with Crippen LogP contribution in [0.1, 0.15) is 15.9 Å². The Morgan fingerprint density at radius 1 is 0.806 bits per heavy atom. The van der Waals surface area contributed by atoms with E-state index in [1.54, 1.807) is 52.8 Å². The van der Waals surface area contributed by atoms with Crippen molar-refractivity contribution in [2.75, 3.05) is 0 Å². The molecule has 0 bridgehead atoms. The second-order valence-corrected chi connectivity index (χ2v) is 8.61. The largest absolute Gasteiger partial charge is 0.478 e. The summed E-state index contributed by atoms with van der Waals surface area (Å²) >= 11 is 2.28. The summed E-state index contributed by atoms with van der Waals surface area (Å²) < 4.78 is 6.16. The number of carboxylic acids is 1. The van der Waals surface area contributed by atoms with Gasteiger partial charge in [0.1, 0.15) is 6.07 Å². The Morgan fingerprint density at radius 2 is 1.28 bits per heavy atom. The molecule has 0 saturated carbocycles. The molecule has 13 heteroatoms. The van der Waals surface area contributed by atoms with Crippen LogP contribution in [0.15, 0.2) is 55.4 Å². The molecular weight excluding hydrogens is 575 g/mol. The minimum absolute atomic E-state index is 0.234. The van der Waals surface area contributed by atoms with E-state index in [-0.39, 0.29) is 5.56 Å². The first-order valence-corrected chi connectivity index (χ1v) is 11.5. The van der Waals surface area contributed by atoms with Gasteiger partial charge in [-0.25, -0.2) is 19.7 Å². The Hall–Kier alpha value is -4.45. The maximum atomic E-state index is 10.8. The molecular formula is C23H19IN10O2. The second-order valence-electron chi connectivity index (χ2n) is 7.44. The van der Waals surface area contributed by atoms with E-state index in [2.05, 4.69) is 58.9 Å². The van der Waals surface area contributed by atoms with E-state index in [0.717, 1.165) is 22.1 Å². The van der Waals surface area contributed by atoms with Crippen molar-refractivity contribution in [3.05, 3.63) is 70.1 Å². The zero-order chi connectivity index (χ0) is 25.8. The molecule has 6 rings (SSSR count). The van der Waals surface area contributed by atoms with Crippen LogP contribution in [0.5, 0.6) is 0 Å². The van der Waals surface area contributed by atoms with Crippen LogP contribution >= 0.6 is 22.6 Å². The Morgan fingerprint density at radius 3 is 1.83 bits per heavy atom. The lowest BCUT2D eigenvalue weighted by Crippen LogP contribution is -1.98. The zero-order valence-electron chi connectivity index (χ0n) is 19.4. The summed E-state index contributed by atoms with van der Waals surface area (Å²) in [7, 11) is 5.42. The summed E-state index contributed by atoms with van der Waals surface area (Å²) in [4.78, 5) is 23.1. The first-order chi connectivity index (χ1) is 17.3. The van der Waals surface area contributed by atoms with Crippen LogP contribution in [0.25, 0.3) is 33.1 Å². The van der Waals surface area contributed by atoms with Gasteiger partial charge in [0.15, 0.2) is 16.9 Å². The number of aromatic carboxylic acids is 1. The van der Waals surface area contributed by atoms with Crippen molar-refractivity contribution in [3.8, 4) is 6.07 Å². The standard InChI is InChI=1S/C8H6N4.C8H7N3O2.C7H6IN3/c1-12-8-7(5-11-12)6(4-9)2-3-10-8;1-11-7-6(4-10-11)5(8(12)13)2-3-9-7;1-11-7-5(4-10-11)6(8)2-3-9-7/h2-3,5H,1H3;2-4H,1H3,(H,12,13);2-4H,1H3. The highest BCUT2D eigenvalue weighted by Crippen LogP contribution is 2.17. The number of halogens is 1. The maximum Gasteiger partial charge on any atom is 0.336 e. The van der Waals surface area contributed by atoms with Gasteiger partial charge in [0.05, 0.1) is 45.9 Å². The number of carbonyl (C=O) groups is 1. The van der Waals surface area contributed by atoms with E-state index in [1.807, 2.05) is 19.3 Å². The van der Waals surface area contributed by atoms with Crippen molar-refractivity contribution >= 4 is 61.7 Å². The SMILES string of the molecule is Cn1ncc2c(C#N)ccnc21.Cn1ncc2c(C(=O)O)ccnc21.Cn1ncc2c(I)ccnc21. The lowest BCUT2D eigenvalue weighted by molar-refractivity contribution is 0.0699. The number of hydrogen-bond donors (Lipinski definition) is 1. The summed E-state index contributed by atoms with van der Waals surface area (Å²) in [6.07, 6.45) is 9.87. The van der Waals surface area contributed by atoms with Gasteiger partial charge in [0.25, 0.3) is 0 Å². The molecule has 0 aliphatic heterocycles. The van der Waals surface area contributed by atoms with Gasteiger partial charge in [-0.3, -0.25) is 14.0 Å². The van der Waals surface area contributed by atoms with Crippen molar-refractivity contribution in [2.45, 2.75) is 0 Å². The first-order valence-electron chi connectivity index (χ1n) is 10.4. The van der Waals surface area contributed by atoms with Crippen LogP contribution in [-0.2, 0) is 21.1 Å². The molecule has 6 heterocycles. The Kier molecular flexibility index (Phi) is 7.15. The fraction of sp³-hybridized carbons (Fsp3) is 0.130. The molecule has 0 saturated heterocycles. The van der Waals surface area contributed by atoms with E-state index in [4.69, 9.17) is 10.4 Å². The molecule has 0 aliphatic carbocycles. The van der Waals surface area contributed by atoms with Crippen LogP contribution in [0, 0.1) is 14.9 Å². The number of nitrogens with zero attached hydrogens (tertiary/aromatic N) is 10. The number of pyridine rings is 3. The molecule has 0 spiro atoms. The van der Waals surface area contributed by atoms with E-state index < -0.39 is 5.97 Å². The predicted molar refractivity (Wildman–Crippen MR) is 140 cm³/mol. The van der Waals surface area contributed by atoms with Gasteiger partial charge in [-0.05, 0) is 40.8 Å². The molecule has 0 amide bonds. The lowest BCUT2D eigenvalue weighted by Gasteiger charge is -1.95. The van der Waals surface area contributed by atoms with Crippen molar-refractivity contribution in [1.29, 1.82) is 5.26 Å². The van der Waals surface area contributed by atoms with E-state index in [0.29, 0.717) is 16.6 Å². The van der Waals surface area contributed by atoms with E-state index in [1.165, 1.54) is 22.0 Å². The highest BCUT2D eigenvalue weighted by molar-refractivity contribution is 14.1. The third kappa shape index (κ3) is 4.84. The Labute approximate surface area is 218 Å². The number of aromatic nitrogens is 9. The monoisotopic (exact) mass is 594 g/mol. The molecule has 0 radical (unpaired) electrons. The normalized spacial score (nSPS) is 10.4. The maximum absolute atomic E-state index is 10.8. The van der Waals surface area contributed by atoms with Gasteiger partial charge >= 0.3 is 5.97 Å². The van der Waals surface area contributed by atoms with Crippen LogP contribution in [-0.4, -0.2) is 55.4 Å². The summed E-state index contributed by atoms with van der Waals surface area (Å²) in [6.45, 7) is 0. The number of nitriles is 1. The number of hydrogen-bond acceptors (Lipinski definition) is 8. The quantitative estimate of drug-likeness (QED) is 0.283. The molecule has 1 N–H and O–H groups in total. The molecule has 0 aliphatic rings. The summed E-state index contributed by atoms with van der Waals surface area (Å²) in [5, 5.41) is 32.1. The van der Waals surface area contributed by atoms with Crippen LogP contribution in [0.3, 0.4) is 0 Å². The average Bonchev–Trinajstić information content (AvgIpc) is 3.58. The second kappa shape index (κ2) is 10.4. The average molecular weight is 594 g/mol.